The summed E-state index contributed by atoms with van der Waals surface area (Å²) in [6.07, 6.45) is 4.40. The van der Waals surface area contributed by atoms with Crippen molar-refractivity contribution in [1.29, 1.82) is 0 Å². The van der Waals surface area contributed by atoms with Gasteiger partial charge in [0.2, 0.25) is 5.91 Å². The third kappa shape index (κ3) is 5.03. The van der Waals surface area contributed by atoms with Gasteiger partial charge in [-0.2, -0.15) is 0 Å². The molecule has 164 valence electrons. The molecule has 3 saturated heterocycles. The average molecular weight is 418 g/mol. The first-order valence-electron chi connectivity index (χ1n) is 11.1. The summed E-state index contributed by atoms with van der Waals surface area (Å²) in [6, 6.07) is 6.85. The van der Waals surface area contributed by atoms with Gasteiger partial charge < -0.3 is 25.2 Å². The van der Waals surface area contributed by atoms with Gasteiger partial charge in [-0.25, -0.2) is 4.39 Å². The van der Waals surface area contributed by atoms with E-state index in [-0.39, 0.29) is 17.8 Å². The van der Waals surface area contributed by atoms with Crippen molar-refractivity contribution in [1.82, 2.24) is 15.5 Å². The van der Waals surface area contributed by atoms with E-state index in [4.69, 9.17) is 4.74 Å². The smallest absolute Gasteiger partial charge is 0.224 e. The molecule has 3 unspecified atom stereocenters. The van der Waals surface area contributed by atoms with E-state index in [9.17, 15) is 9.18 Å². The van der Waals surface area contributed by atoms with E-state index in [0.29, 0.717) is 38.2 Å². The predicted octanol–water partition coefficient (Wildman–Crippen LogP) is 1.74. The zero-order valence-electron chi connectivity index (χ0n) is 17.6. The molecule has 1 aromatic rings. The molecule has 0 aromatic heterocycles. The van der Waals surface area contributed by atoms with Crippen LogP contribution in [0.3, 0.4) is 0 Å². The Morgan fingerprint density at radius 2 is 1.97 bits per heavy atom. The number of aliphatic imine (C=N–C) groups is 1. The van der Waals surface area contributed by atoms with Crippen LogP contribution in [0.2, 0.25) is 0 Å². The Morgan fingerprint density at radius 3 is 2.60 bits per heavy atom. The molecular weight excluding hydrogens is 385 g/mol. The second-order valence-electron chi connectivity index (χ2n) is 8.22. The Bertz CT molecular complexity index is 748. The number of rotatable bonds is 6. The Balaban J connectivity index is 1.22. The third-order valence-electron chi connectivity index (χ3n) is 6.19. The molecule has 3 fully saturated rings. The monoisotopic (exact) mass is 417 g/mol. The highest BCUT2D eigenvalue weighted by Gasteiger charge is 2.41. The van der Waals surface area contributed by atoms with E-state index in [1.54, 1.807) is 12.1 Å². The van der Waals surface area contributed by atoms with Crippen LogP contribution in [0, 0.1) is 5.82 Å². The molecule has 0 saturated carbocycles. The van der Waals surface area contributed by atoms with Gasteiger partial charge in [-0.1, -0.05) is 0 Å². The van der Waals surface area contributed by atoms with E-state index in [0.717, 1.165) is 44.1 Å². The number of halogens is 1. The molecule has 3 aliphatic heterocycles. The zero-order valence-corrected chi connectivity index (χ0v) is 17.6. The van der Waals surface area contributed by atoms with Crippen LogP contribution in [0.5, 0.6) is 0 Å². The van der Waals surface area contributed by atoms with Crippen molar-refractivity contribution in [2.45, 2.75) is 50.9 Å². The van der Waals surface area contributed by atoms with Gasteiger partial charge in [-0.3, -0.25) is 9.79 Å². The van der Waals surface area contributed by atoms with Crippen molar-refractivity contribution in [3.63, 3.8) is 0 Å². The maximum absolute atomic E-state index is 13.1. The topological polar surface area (TPSA) is 69.2 Å². The van der Waals surface area contributed by atoms with E-state index < -0.39 is 0 Å². The van der Waals surface area contributed by atoms with Crippen molar-refractivity contribution in [3.8, 4) is 0 Å². The first-order chi connectivity index (χ1) is 14.6. The Kier molecular flexibility index (Phi) is 6.72. The van der Waals surface area contributed by atoms with Crippen LogP contribution in [0.4, 0.5) is 10.1 Å². The fourth-order valence-electron chi connectivity index (χ4n) is 4.57. The number of guanidine groups is 1. The largest absolute Gasteiger partial charge is 0.373 e. The van der Waals surface area contributed by atoms with Crippen LogP contribution in [0.15, 0.2) is 29.3 Å². The summed E-state index contributed by atoms with van der Waals surface area (Å²) < 4.78 is 19.0. The minimum Gasteiger partial charge on any atom is -0.373 e. The highest BCUT2D eigenvalue weighted by atomic mass is 19.1. The summed E-state index contributed by atoms with van der Waals surface area (Å²) >= 11 is 0. The van der Waals surface area contributed by atoms with Gasteiger partial charge in [0.05, 0.1) is 24.8 Å². The van der Waals surface area contributed by atoms with Crippen LogP contribution in [0.25, 0.3) is 0 Å². The van der Waals surface area contributed by atoms with E-state index in [2.05, 4.69) is 20.5 Å². The fourth-order valence-corrected chi connectivity index (χ4v) is 4.57. The lowest BCUT2D eigenvalue weighted by atomic mass is 9.96. The Morgan fingerprint density at radius 1 is 1.20 bits per heavy atom. The minimum absolute atomic E-state index is 0.136. The number of nitrogens with one attached hydrogen (secondary N) is 2. The lowest BCUT2D eigenvalue weighted by molar-refractivity contribution is -0.131. The number of fused-ring (bicyclic) bond motifs is 2. The standard InChI is InChI=1S/C22H32FN5O2/c1-2-24-22(26-19-15-18-7-8-20(19)30-18)25-10-9-21(29)28-13-11-27(12-14-28)17-5-3-16(23)4-6-17/h3-6,18-20H,2,7-15H2,1H3,(H2,24,25,26). The molecule has 3 heterocycles. The van der Waals surface area contributed by atoms with Gasteiger partial charge in [0.25, 0.3) is 0 Å². The molecule has 7 nitrogen and oxygen atoms in total. The number of nitrogens with zero attached hydrogens (tertiary/aromatic N) is 3. The number of piperazine rings is 1. The van der Waals surface area contributed by atoms with Gasteiger partial charge in [0.15, 0.2) is 5.96 Å². The molecule has 30 heavy (non-hydrogen) atoms. The number of anilines is 1. The van der Waals surface area contributed by atoms with Gasteiger partial charge in [-0.05, 0) is 50.5 Å². The molecule has 8 heteroatoms. The SMILES string of the molecule is CCNC(=NCCC(=O)N1CCN(c2ccc(F)cc2)CC1)NC1CC2CCC1O2. The number of carbonyl (C=O) groups excluding carboxylic acids is 1. The summed E-state index contributed by atoms with van der Waals surface area (Å²) in [6.45, 7) is 6.17. The van der Waals surface area contributed by atoms with Gasteiger partial charge in [0, 0.05) is 44.8 Å². The van der Waals surface area contributed by atoms with Crippen LogP contribution in [-0.4, -0.2) is 74.3 Å². The van der Waals surface area contributed by atoms with Crippen molar-refractivity contribution in [2.75, 3.05) is 44.2 Å². The summed E-state index contributed by atoms with van der Waals surface area (Å²) in [7, 11) is 0. The molecule has 3 atom stereocenters. The fraction of sp³-hybridized carbons (Fsp3) is 0.636. The molecular formula is C22H32FN5O2. The average Bonchev–Trinajstić information content (AvgIpc) is 3.38. The lowest BCUT2D eigenvalue weighted by Gasteiger charge is -2.36. The molecule has 2 N–H and O–H groups in total. The summed E-state index contributed by atoms with van der Waals surface area (Å²) in [5, 5.41) is 6.76. The molecule has 2 bridgehead atoms. The van der Waals surface area contributed by atoms with Gasteiger partial charge >= 0.3 is 0 Å². The molecule has 1 aromatic carbocycles. The Labute approximate surface area is 177 Å². The van der Waals surface area contributed by atoms with Crippen LogP contribution in [-0.2, 0) is 9.53 Å². The van der Waals surface area contributed by atoms with Crippen LogP contribution in [0.1, 0.15) is 32.6 Å². The lowest BCUT2D eigenvalue weighted by Crippen LogP contribution is -2.49. The first-order valence-corrected chi connectivity index (χ1v) is 11.1. The first kappa shape index (κ1) is 20.9. The second-order valence-corrected chi connectivity index (χ2v) is 8.22. The summed E-state index contributed by atoms with van der Waals surface area (Å²) in [4.78, 5) is 21.3. The number of ether oxygens (including phenoxy) is 1. The van der Waals surface area contributed by atoms with Crippen molar-refractivity contribution in [2.24, 2.45) is 4.99 Å². The van der Waals surface area contributed by atoms with E-state index in [1.807, 2.05) is 11.8 Å². The highest BCUT2D eigenvalue weighted by molar-refractivity contribution is 5.81. The molecule has 0 spiro atoms. The highest BCUT2D eigenvalue weighted by Crippen LogP contribution is 2.34. The number of hydrogen-bond acceptors (Lipinski definition) is 4. The Hall–Kier alpha value is -2.35. The van der Waals surface area contributed by atoms with E-state index >= 15 is 0 Å². The molecule has 0 radical (unpaired) electrons. The minimum atomic E-state index is -0.229. The maximum Gasteiger partial charge on any atom is 0.224 e. The molecule has 3 aliphatic rings. The third-order valence-corrected chi connectivity index (χ3v) is 6.19. The summed E-state index contributed by atoms with van der Waals surface area (Å²) in [5.41, 5.74) is 0.999. The second kappa shape index (κ2) is 9.64. The maximum atomic E-state index is 13.1. The molecule has 0 aliphatic carbocycles. The number of amides is 1. The van der Waals surface area contributed by atoms with Crippen molar-refractivity contribution < 1.29 is 13.9 Å². The van der Waals surface area contributed by atoms with E-state index in [1.165, 1.54) is 18.6 Å². The number of carbonyl (C=O) groups is 1. The summed E-state index contributed by atoms with van der Waals surface area (Å²) in [5.74, 6) is 0.677. The van der Waals surface area contributed by atoms with Crippen molar-refractivity contribution in [3.05, 3.63) is 30.1 Å². The van der Waals surface area contributed by atoms with Gasteiger partial charge in [-0.15, -0.1) is 0 Å². The number of benzene rings is 1. The van der Waals surface area contributed by atoms with Crippen LogP contribution < -0.4 is 15.5 Å². The van der Waals surface area contributed by atoms with Crippen molar-refractivity contribution >= 4 is 17.6 Å². The van der Waals surface area contributed by atoms with Crippen LogP contribution >= 0.6 is 0 Å². The number of hydrogen-bond donors (Lipinski definition) is 2. The quantitative estimate of drug-likeness (QED) is 0.545. The molecule has 4 rings (SSSR count). The van der Waals surface area contributed by atoms with Gasteiger partial charge in [0.1, 0.15) is 5.82 Å². The molecule has 1 amide bonds. The zero-order chi connectivity index (χ0) is 20.9. The predicted molar refractivity (Wildman–Crippen MR) is 115 cm³/mol. The normalized spacial score (nSPS) is 26.2.